The smallest absolute Gasteiger partial charge is 0.181 e. The quantitative estimate of drug-likeness (QED) is 0.792. The van der Waals surface area contributed by atoms with E-state index >= 15 is 0 Å². The fraction of sp³-hybridized carbons (Fsp3) is 0.562. The van der Waals surface area contributed by atoms with Crippen LogP contribution >= 0.6 is 11.8 Å². The molecular formula is C16H22N2OS. The summed E-state index contributed by atoms with van der Waals surface area (Å²) in [7, 11) is 2.16. The number of thioether (sulfide) groups is 1. The van der Waals surface area contributed by atoms with E-state index in [9.17, 15) is 4.79 Å². The lowest BCUT2D eigenvalue weighted by Gasteiger charge is -2.38. The molecule has 0 aliphatic carbocycles. The molecule has 1 fully saturated rings. The highest BCUT2D eigenvalue weighted by Gasteiger charge is 2.30. The second-order valence-electron chi connectivity index (χ2n) is 5.71. The summed E-state index contributed by atoms with van der Waals surface area (Å²) in [5.74, 6) is 1.45. The largest absolute Gasteiger partial charge is 0.304 e. The molecule has 1 aromatic rings. The summed E-state index contributed by atoms with van der Waals surface area (Å²) in [5.41, 5.74) is 0.932. The first-order chi connectivity index (χ1) is 9.75. The Labute approximate surface area is 125 Å². The van der Waals surface area contributed by atoms with Gasteiger partial charge in [0.2, 0.25) is 0 Å². The molecule has 0 N–H and O–H groups in total. The molecule has 0 amide bonds. The molecule has 20 heavy (non-hydrogen) atoms. The maximum absolute atomic E-state index is 12.9. The van der Waals surface area contributed by atoms with Crippen molar-refractivity contribution in [2.75, 3.05) is 39.0 Å². The zero-order valence-electron chi connectivity index (χ0n) is 12.0. The molecule has 108 valence electrons. The van der Waals surface area contributed by atoms with Gasteiger partial charge in [-0.25, -0.2) is 0 Å². The van der Waals surface area contributed by atoms with Gasteiger partial charge in [0, 0.05) is 36.6 Å². The predicted molar refractivity (Wildman–Crippen MR) is 83.6 cm³/mol. The summed E-state index contributed by atoms with van der Waals surface area (Å²) in [4.78, 5) is 18.8. The van der Waals surface area contributed by atoms with Crippen molar-refractivity contribution in [3.8, 4) is 0 Å². The number of likely N-dealkylation sites (N-methyl/N-ethyl adjacent to an activating group) is 1. The first-order valence-electron chi connectivity index (χ1n) is 7.44. The lowest BCUT2D eigenvalue weighted by molar-refractivity contribution is 0.0683. The van der Waals surface area contributed by atoms with Crippen LogP contribution in [0.4, 0.5) is 0 Å². The van der Waals surface area contributed by atoms with Crippen LogP contribution in [0, 0.1) is 0 Å². The third kappa shape index (κ3) is 2.92. The van der Waals surface area contributed by atoms with Crippen molar-refractivity contribution < 1.29 is 4.79 Å². The van der Waals surface area contributed by atoms with E-state index in [0.717, 1.165) is 55.2 Å². The average Bonchev–Trinajstić information content (AvgIpc) is 2.47. The van der Waals surface area contributed by atoms with Gasteiger partial charge in [-0.2, -0.15) is 0 Å². The van der Waals surface area contributed by atoms with Crippen LogP contribution in [0.25, 0.3) is 0 Å². The Bertz CT molecular complexity index is 483. The Morgan fingerprint density at radius 3 is 2.70 bits per heavy atom. The topological polar surface area (TPSA) is 23.6 Å². The Morgan fingerprint density at radius 2 is 1.90 bits per heavy atom. The molecule has 0 spiro atoms. The number of rotatable bonds is 1. The molecule has 2 heterocycles. The summed E-state index contributed by atoms with van der Waals surface area (Å²) in [5, 5.41) is 0. The molecule has 2 aliphatic rings. The second kappa shape index (κ2) is 6.29. The minimum Gasteiger partial charge on any atom is -0.304 e. The fourth-order valence-electron chi connectivity index (χ4n) is 3.05. The van der Waals surface area contributed by atoms with Gasteiger partial charge in [0.25, 0.3) is 0 Å². The third-order valence-electron chi connectivity index (χ3n) is 4.31. The van der Waals surface area contributed by atoms with E-state index in [1.807, 2.05) is 30.0 Å². The average molecular weight is 290 g/mol. The van der Waals surface area contributed by atoms with Crippen molar-refractivity contribution in [1.29, 1.82) is 0 Å². The van der Waals surface area contributed by atoms with E-state index in [2.05, 4.69) is 22.9 Å². The zero-order chi connectivity index (χ0) is 13.9. The number of Topliss-reactive ketones (excluding diaryl/α,β-unsaturated/α-hetero) is 1. The summed E-state index contributed by atoms with van der Waals surface area (Å²) in [6, 6.07) is 8.19. The number of piperazine rings is 1. The minimum absolute atomic E-state index is 0.0887. The Kier molecular flexibility index (Phi) is 4.44. The molecule has 1 unspecified atom stereocenters. The summed E-state index contributed by atoms with van der Waals surface area (Å²) in [6.07, 6.45) is 2.13. The molecule has 1 atom stereocenters. The molecule has 4 heteroatoms. The van der Waals surface area contributed by atoms with Gasteiger partial charge in [0.1, 0.15) is 0 Å². The monoisotopic (exact) mass is 290 g/mol. The highest BCUT2D eigenvalue weighted by Crippen LogP contribution is 2.29. The number of benzene rings is 1. The molecule has 2 aliphatic heterocycles. The van der Waals surface area contributed by atoms with Crippen LogP contribution < -0.4 is 0 Å². The van der Waals surface area contributed by atoms with Crippen LogP contribution in [0.15, 0.2) is 29.2 Å². The van der Waals surface area contributed by atoms with Gasteiger partial charge in [-0.15, -0.1) is 11.8 Å². The normalized spacial score (nSPS) is 25.9. The highest BCUT2D eigenvalue weighted by atomic mass is 32.2. The number of fused-ring (bicyclic) bond motifs is 1. The number of ketones is 1. The fourth-order valence-corrected chi connectivity index (χ4v) is 4.08. The number of hydrogen-bond acceptors (Lipinski definition) is 4. The van der Waals surface area contributed by atoms with Crippen LogP contribution in [0.3, 0.4) is 0 Å². The molecular weight excluding hydrogens is 268 g/mol. The number of carbonyl (C=O) groups excluding carboxylic acids is 1. The highest BCUT2D eigenvalue weighted by molar-refractivity contribution is 7.99. The van der Waals surface area contributed by atoms with Gasteiger partial charge in [-0.3, -0.25) is 9.69 Å². The molecule has 0 saturated carbocycles. The molecule has 0 radical (unpaired) electrons. The van der Waals surface area contributed by atoms with Crippen molar-refractivity contribution in [2.45, 2.75) is 23.8 Å². The predicted octanol–water partition coefficient (Wildman–Crippen LogP) is 2.37. The van der Waals surface area contributed by atoms with Crippen molar-refractivity contribution in [3.63, 3.8) is 0 Å². The lowest BCUT2D eigenvalue weighted by Crippen LogP contribution is -2.51. The molecule has 1 aromatic carbocycles. The summed E-state index contributed by atoms with van der Waals surface area (Å²) < 4.78 is 0. The zero-order valence-corrected chi connectivity index (χ0v) is 12.9. The van der Waals surface area contributed by atoms with Crippen molar-refractivity contribution >= 4 is 17.5 Å². The minimum atomic E-state index is 0.0887. The van der Waals surface area contributed by atoms with Gasteiger partial charge in [0.15, 0.2) is 5.78 Å². The lowest BCUT2D eigenvalue weighted by atomic mass is 9.98. The van der Waals surface area contributed by atoms with E-state index in [1.165, 1.54) is 0 Å². The standard InChI is InChI=1S/C16H22N2OS/c1-17-8-10-18(11-9-17)14-6-4-12-20-15-7-3-2-5-13(15)16(14)19/h2-3,5,7,14H,4,6,8-12H2,1H3. The Hall–Kier alpha value is -0.840. The van der Waals surface area contributed by atoms with Gasteiger partial charge >= 0.3 is 0 Å². The van der Waals surface area contributed by atoms with Crippen LogP contribution in [-0.4, -0.2) is 60.6 Å². The third-order valence-corrected chi connectivity index (χ3v) is 5.47. The van der Waals surface area contributed by atoms with Gasteiger partial charge in [-0.05, 0) is 31.7 Å². The van der Waals surface area contributed by atoms with E-state index in [-0.39, 0.29) is 6.04 Å². The summed E-state index contributed by atoms with van der Waals surface area (Å²) in [6.45, 7) is 4.17. The van der Waals surface area contributed by atoms with Crippen molar-refractivity contribution in [1.82, 2.24) is 9.80 Å². The molecule has 3 rings (SSSR count). The van der Waals surface area contributed by atoms with E-state index in [4.69, 9.17) is 0 Å². The summed E-state index contributed by atoms with van der Waals surface area (Å²) >= 11 is 1.83. The van der Waals surface area contributed by atoms with Crippen LogP contribution in [0.2, 0.25) is 0 Å². The molecule has 0 bridgehead atoms. The van der Waals surface area contributed by atoms with Crippen molar-refractivity contribution in [2.24, 2.45) is 0 Å². The van der Waals surface area contributed by atoms with Gasteiger partial charge in [-0.1, -0.05) is 18.2 Å². The molecule has 0 aromatic heterocycles. The van der Waals surface area contributed by atoms with Gasteiger partial charge < -0.3 is 4.90 Å². The first-order valence-corrected chi connectivity index (χ1v) is 8.43. The Balaban J connectivity index is 1.83. The number of carbonyl (C=O) groups is 1. The first kappa shape index (κ1) is 14.1. The van der Waals surface area contributed by atoms with Gasteiger partial charge in [0.05, 0.1) is 6.04 Å². The van der Waals surface area contributed by atoms with Crippen molar-refractivity contribution in [3.05, 3.63) is 29.8 Å². The molecule has 1 saturated heterocycles. The van der Waals surface area contributed by atoms with E-state index in [1.54, 1.807) is 0 Å². The number of hydrogen-bond donors (Lipinski definition) is 0. The number of nitrogens with zero attached hydrogens (tertiary/aromatic N) is 2. The Morgan fingerprint density at radius 1 is 1.15 bits per heavy atom. The van der Waals surface area contributed by atoms with Crippen LogP contribution in [0.5, 0.6) is 0 Å². The SMILES string of the molecule is CN1CCN(C2CCCSc3ccccc3C2=O)CC1. The second-order valence-corrected chi connectivity index (χ2v) is 6.84. The maximum atomic E-state index is 12.9. The van der Waals surface area contributed by atoms with Crippen LogP contribution in [-0.2, 0) is 0 Å². The maximum Gasteiger partial charge on any atom is 0.181 e. The molecule has 3 nitrogen and oxygen atoms in total. The van der Waals surface area contributed by atoms with E-state index in [0.29, 0.717) is 5.78 Å². The van der Waals surface area contributed by atoms with Crippen LogP contribution in [0.1, 0.15) is 23.2 Å². The van der Waals surface area contributed by atoms with E-state index < -0.39 is 0 Å².